The molecule has 1 rings (SSSR count). The third-order valence-corrected chi connectivity index (χ3v) is 1.18. The number of rotatable bonds is 5. The molecule has 0 aliphatic heterocycles. The van der Waals surface area contributed by atoms with Crippen molar-refractivity contribution in [2.24, 2.45) is 5.18 Å². The molecular weight excluding hydrogens is 178 g/mol. The summed E-state index contributed by atoms with van der Waals surface area (Å²) in [6, 6.07) is 0. The Hall–Kier alpha value is -1.79. The maximum atomic E-state index is 10.6. The van der Waals surface area contributed by atoms with E-state index in [1.807, 2.05) is 0 Å². The van der Waals surface area contributed by atoms with Gasteiger partial charge in [-0.3, -0.25) is 0 Å². The first kappa shape index (κ1) is 9.30. The highest BCUT2D eigenvalue weighted by atomic mass is 16.5. The molecule has 7 nitrogen and oxygen atoms in total. The highest BCUT2D eigenvalue weighted by molar-refractivity contribution is 5.71. The van der Waals surface area contributed by atoms with Crippen molar-refractivity contribution in [3.8, 4) is 0 Å². The summed E-state index contributed by atoms with van der Waals surface area (Å²) in [5.74, 6) is -0.277. The van der Waals surface area contributed by atoms with Crippen molar-refractivity contribution in [2.75, 3.05) is 13.2 Å². The number of esters is 1. The maximum Gasteiger partial charge on any atom is 0.331 e. The molecule has 0 N–H and O–H groups in total. The van der Waals surface area contributed by atoms with E-state index >= 15 is 0 Å². The van der Waals surface area contributed by atoms with Crippen LogP contribution in [0.15, 0.2) is 16.0 Å². The van der Waals surface area contributed by atoms with Gasteiger partial charge in [0.2, 0.25) is 5.89 Å². The van der Waals surface area contributed by atoms with Gasteiger partial charge in [0, 0.05) is 0 Å². The SMILES string of the molecule is O=NCC(=O)OCCc1ncno1. The molecule has 0 aliphatic carbocycles. The van der Waals surface area contributed by atoms with Crippen LogP contribution in [0.25, 0.3) is 0 Å². The minimum Gasteiger partial charge on any atom is -0.464 e. The number of nitrogens with zero attached hydrogens (tertiary/aromatic N) is 3. The molecule has 1 aromatic heterocycles. The Bertz CT molecular complexity index is 271. The molecule has 0 bridgehead atoms. The van der Waals surface area contributed by atoms with Gasteiger partial charge in [-0.2, -0.15) is 9.89 Å². The first-order valence-corrected chi connectivity index (χ1v) is 3.53. The molecule has 0 saturated carbocycles. The third-order valence-electron chi connectivity index (χ3n) is 1.18. The van der Waals surface area contributed by atoms with E-state index in [2.05, 4.69) is 24.6 Å². The summed E-state index contributed by atoms with van der Waals surface area (Å²) in [6.07, 6.45) is 1.59. The molecule has 0 fully saturated rings. The molecule has 1 heterocycles. The zero-order valence-corrected chi connectivity index (χ0v) is 6.67. The van der Waals surface area contributed by atoms with Gasteiger partial charge in [-0.1, -0.05) is 10.3 Å². The first-order chi connectivity index (χ1) is 6.33. The predicted molar refractivity (Wildman–Crippen MR) is 39.6 cm³/mol. The quantitative estimate of drug-likeness (QED) is 0.470. The lowest BCUT2D eigenvalue weighted by molar-refractivity contribution is -0.141. The van der Waals surface area contributed by atoms with Crippen molar-refractivity contribution < 1.29 is 14.1 Å². The second-order valence-corrected chi connectivity index (χ2v) is 2.09. The van der Waals surface area contributed by atoms with Gasteiger partial charge in [-0.25, -0.2) is 4.79 Å². The molecule has 7 heteroatoms. The molecule has 70 valence electrons. The Kier molecular flexibility index (Phi) is 3.55. The van der Waals surface area contributed by atoms with Gasteiger partial charge in [0.1, 0.15) is 6.61 Å². The van der Waals surface area contributed by atoms with Crippen LogP contribution in [0.1, 0.15) is 5.89 Å². The average Bonchev–Trinajstić information content (AvgIpc) is 2.57. The normalized spacial score (nSPS) is 9.54. The molecule has 0 aliphatic rings. The summed E-state index contributed by atoms with van der Waals surface area (Å²) in [4.78, 5) is 23.9. The lowest BCUT2D eigenvalue weighted by Crippen LogP contribution is -2.10. The Balaban J connectivity index is 2.14. The second kappa shape index (κ2) is 4.96. The molecule has 0 unspecified atom stereocenters. The zero-order valence-electron chi connectivity index (χ0n) is 6.67. The van der Waals surface area contributed by atoms with Gasteiger partial charge >= 0.3 is 5.97 Å². The summed E-state index contributed by atoms with van der Waals surface area (Å²) < 4.78 is 9.23. The van der Waals surface area contributed by atoms with Crippen LogP contribution in [0, 0.1) is 4.91 Å². The van der Waals surface area contributed by atoms with Crippen molar-refractivity contribution in [1.82, 2.24) is 10.1 Å². The Morgan fingerprint density at radius 2 is 2.54 bits per heavy atom. The molecule has 0 radical (unpaired) electrons. The van der Waals surface area contributed by atoms with Crippen molar-refractivity contribution in [3.63, 3.8) is 0 Å². The average molecular weight is 185 g/mol. The minimum atomic E-state index is -0.658. The van der Waals surface area contributed by atoms with Gasteiger partial charge < -0.3 is 9.26 Å². The van der Waals surface area contributed by atoms with E-state index in [0.29, 0.717) is 12.3 Å². The van der Waals surface area contributed by atoms with Crippen molar-refractivity contribution in [2.45, 2.75) is 6.42 Å². The topological polar surface area (TPSA) is 94.7 Å². The standard InChI is InChI=1S/C6H7N3O4/c10-6(3-8-11)12-2-1-5-7-4-9-13-5/h4H,1-3H2. The third kappa shape index (κ3) is 3.41. The Morgan fingerprint density at radius 1 is 1.69 bits per heavy atom. The van der Waals surface area contributed by atoms with Crippen LogP contribution in [0.5, 0.6) is 0 Å². The van der Waals surface area contributed by atoms with E-state index in [0.717, 1.165) is 0 Å². The Morgan fingerprint density at radius 3 is 3.15 bits per heavy atom. The summed E-state index contributed by atoms with van der Waals surface area (Å²) in [5, 5.41) is 5.74. The monoisotopic (exact) mass is 185 g/mol. The number of nitroso groups, excluding NO2 is 1. The van der Waals surface area contributed by atoms with Crippen LogP contribution in [-0.2, 0) is 16.0 Å². The smallest absolute Gasteiger partial charge is 0.331 e. The molecular formula is C6H7N3O4. The largest absolute Gasteiger partial charge is 0.464 e. The van der Waals surface area contributed by atoms with Crippen LogP contribution < -0.4 is 0 Å². The van der Waals surface area contributed by atoms with E-state index in [9.17, 15) is 9.70 Å². The van der Waals surface area contributed by atoms with Crippen LogP contribution in [0.2, 0.25) is 0 Å². The van der Waals surface area contributed by atoms with E-state index in [1.54, 1.807) is 0 Å². The second-order valence-electron chi connectivity index (χ2n) is 2.09. The number of aromatic nitrogens is 2. The van der Waals surface area contributed by atoms with Crippen LogP contribution in [-0.4, -0.2) is 29.3 Å². The van der Waals surface area contributed by atoms with E-state index < -0.39 is 12.5 Å². The molecule has 13 heavy (non-hydrogen) atoms. The number of carbonyl (C=O) groups excluding carboxylic acids is 1. The van der Waals surface area contributed by atoms with Crippen molar-refractivity contribution in [1.29, 1.82) is 0 Å². The predicted octanol–water partition coefficient (Wildman–Crippen LogP) is -0.0783. The van der Waals surface area contributed by atoms with E-state index in [-0.39, 0.29) is 6.61 Å². The summed E-state index contributed by atoms with van der Waals surface area (Å²) in [6.45, 7) is -0.361. The van der Waals surface area contributed by atoms with Gasteiger partial charge in [0.05, 0.1) is 6.42 Å². The molecule has 0 aromatic carbocycles. The number of ether oxygens (including phenoxy) is 1. The van der Waals surface area contributed by atoms with Crippen molar-refractivity contribution >= 4 is 5.97 Å². The summed E-state index contributed by atoms with van der Waals surface area (Å²) >= 11 is 0. The summed E-state index contributed by atoms with van der Waals surface area (Å²) in [7, 11) is 0. The van der Waals surface area contributed by atoms with Gasteiger partial charge in [-0.15, -0.1) is 0 Å². The molecule has 0 spiro atoms. The van der Waals surface area contributed by atoms with Crippen LogP contribution >= 0.6 is 0 Å². The fourth-order valence-electron chi connectivity index (χ4n) is 0.657. The lowest BCUT2D eigenvalue weighted by Gasteiger charge is -1.97. The number of hydrogen-bond donors (Lipinski definition) is 0. The number of carbonyl (C=O) groups is 1. The van der Waals surface area contributed by atoms with Gasteiger partial charge in [0.25, 0.3) is 0 Å². The van der Waals surface area contributed by atoms with Gasteiger partial charge in [-0.05, 0) is 0 Å². The maximum absolute atomic E-state index is 10.6. The van der Waals surface area contributed by atoms with Crippen molar-refractivity contribution in [3.05, 3.63) is 17.1 Å². The first-order valence-electron chi connectivity index (χ1n) is 3.53. The van der Waals surface area contributed by atoms with E-state index in [4.69, 9.17) is 0 Å². The molecule has 0 atom stereocenters. The Labute approximate surface area is 73.0 Å². The number of hydrogen-bond acceptors (Lipinski definition) is 7. The van der Waals surface area contributed by atoms with Crippen LogP contribution in [0.4, 0.5) is 0 Å². The summed E-state index contributed by atoms with van der Waals surface area (Å²) in [5.41, 5.74) is 0. The lowest BCUT2D eigenvalue weighted by atomic mass is 10.4. The highest BCUT2D eigenvalue weighted by Crippen LogP contribution is 1.93. The molecule has 0 amide bonds. The molecule has 0 saturated heterocycles. The fourth-order valence-corrected chi connectivity index (χ4v) is 0.657. The minimum absolute atomic E-state index is 0.108. The fraction of sp³-hybridized carbons (Fsp3) is 0.500. The molecule has 1 aromatic rings. The van der Waals surface area contributed by atoms with E-state index in [1.165, 1.54) is 6.33 Å². The van der Waals surface area contributed by atoms with Gasteiger partial charge in [0.15, 0.2) is 12.9 Å². The van der Waals surface area contributed by atoms with Crippen LogP contribution in [0.3, 0.4) is 0 Å². The highest BCUT2D eigenvalue weighted by Gasteiger charge is 2.04. The zero-order chi connectivity index (χ0) is 9.52.